The van der Waals surface area contributed by atoms with E-state index in [-0.39, 0.29) is 12.4 Å². The maximum Gasteiger partial charge on any atom is 0.341 e. The Balaban J connectivity index is 1.97. The first-order chi connectivity index (χ1) is 16.7. The van der Waals surface area contributed by atoms with Gasteiger partial charge in [0.2, 0.25) is 0 Å². The number of carboxylic acids is 2. The third kappa shape index (κ3) is 6.60. The van der Waals surface area contributed by atoms with Gasteiger partial charge < -0.3 is 24.4 Å². The van der Waals surface area contributed by atoms with Crippen LogP contribution in [-0.2, 0) is 19.8 Å². The smallest absolute Gasteiger partial charge is 0.341 e. The third-order valence-electron chi connectivity index (χ3n) is 5.46. The summed E-state index contributed by atoms with van der Waals surface area (Å²) in [6, 6.07) is 21.7. The van der Waals surface area contributed by atoms with E-state index in [0.29, 0.717) is 17.2 Å². The lowest BCUT2D eigenvalue weighted by Crippen LogP contribution is -2.25. The average molecular weight is 478 g/mol. The SMILES string of the molecule is CC(=O)COc1ccc(C(C)(c2ccc(OCC(=O)O)cc2)c2ccc(OCC(=O)O)cc2)cc1. The monoisotopic (exact) mass is 478 g/mol. The minimum Gasteiger partial charge on any atom is -0.486 e. The number of carboxylic acid groups (broad SMARTS) is 2. The molecule has 0 spiro atoms. The van der Waals surface area contributed by atoms with Crippen LogP contribution >= 0.6 is 0 Å². The Morgan fingerprint density at radius 2 is 0.886 bits per heavy atom. The highest BCUT2D eigenvalue weighted by Gasteiger charge is 2.31. The highest BCUT2D eigenvalue weighted by molar-refractivity contribution is 5.77. The number of benzene rings is 3. The summed E-state index contributed by atoms with van der Waals surface area (Å²) in [5.41, 5.74) is 2.12. The van der Waals surface area contributed by atoms with Crippen molar-refractivity contribution in [1.82, 2.24) is 0 Å². The van der Waals surface area contributed by atoms with E-state index in [1.54, 1.807) is 36.4 Å². The molecule has 0 heterocycles. The minimum atomic E-state index is -1.06. The molecule has 0 aliphatic carbocycles. The molecule has 182 valence electrons. The van der Waals surface area contributed by atoms with E-state index in [1.165, 1.54) is 6.92 Å². The molecule has 0 fully saturated rings. The Bertz CT molecular complexity index is 1020. The van der Waals surface area contributed by atoms with Crippen molar-refractivity contribution in [3.63, 3.8) is 0 Å². The quantitative estimate of drug-likeness (QED) is 0.376. The van der Waals surface area contributed by atoms with Crippen molar-refractivity contribution in [1.29, 1.82) is 0 Å². The Morgan fingerprint density at radius 3 is 1.14 bits per heavy atom. The minimum absolute atomic E-state index is 0.00771. The normalized spacial score (nSPS) is 10.9. The zero-order valence-corrected chi connectivity index (χ0v) is 19.4. The molecule has 0 unspecified atom stereocenters. The highest BCUT2D eigenvalue weighted by atomic mass is 16.5. The molecule has 3 rings (SSSR count). The van der Waals surface area contributed by atoms with Crippen LogP contribution in [0.15, 0.2) is 72.8 Å². The van der Waals surface area contributed by atoms with Crippen LogP contribution in [-0.4, -0.2) is 47.8 Å². The van der Waals surface area contributed by atoms with Gasteiger partial charge in [0.25, 0.3) is 0 Å². The molecule has 0 atom stereocenters. The zero-order chi connectivity index (χ0) is 25.4. The topological polar surface area (TPSA) is 119 Å². The van der Waals surface area contributed by atoms with Gasteiger partial charge in [-0.25, -0.2) is 9.59 Å². The first-order valence-electron chi connectivity index (χ1n) is 10.8. The van der Waals surface area contributed by atoms with Gasteiger partial charge in [0.1, 0.15) is 23.9 Å². The Labute approximate surface area is 202 Å². The molecule has 35 heavy (non-hydrogen) atoms. The highest BCUT2D eigenvalue weighted by Crippen LogP contribution is 2.40. The lowest BCUT2D eigenvalue weighted by molar-refractivity contribution is -0.140. The van der Waals surface area contributed by atoms with E-state index in [2.05, 4.69) is 0 Å². The van der Waals surface area contributed by atoms with E-state index >= 15 is 0 Å². The van der Waals surface area contributed by atoms with Crippen molar-refractivity contribution in [2.24, 2.45) is 0 Å². The molecule has 0 radical (unpaired) electrons. The second-order valence-corrected chi connectivity index (χ2v) is 8.05. The van der Waals surface area contributed by atoms with Crippen LogP contribution in [0.4, 0.5) is 0 Å². The molecule has 0 bridgehead atoms. The fraction of sp³-hybridized carbons (Fsp3) is 0.222. The molecule has 0 aromatic heterocycles. The van der Waals surface area contributed by atoms with Gasteiger partial charge in [-0.05, 0) is 66.9 Å². The zero-order valence-electron chi connectivity index (χ0n) is 19.4. The Morgan fingerprint density at radius 1 is 0.600 bits per heavy atom. The van der Waals surface area contributed by atoms with Crippen LogP contribution in [0.2, 0.25) is 0 Å². The van der Waals surface area contributed by atoms with Crippen molar-refractivity contribution >= 4 is 17.7 Å². The summed E-state index contributed by atoms with van der Waals surface area (Å²) in [6.07, 6.45) is 0. The number of hydrogen-bond acceptors (Lipinski definition) is 6. The summed E-state index contributed by atoms with van der Waals surface area (Å²) in [4.78, 5) is 32.8. The number of hydrogen-bond donors (Lipinski definition) is 2. The molecule has 0 saturated heterocycles. The van der Waals surface area contributed by atoms with Crippen LogP contribution in [0, 0.1) is 0 Å². The number of Topliss-reactive ketones (excluding diaryl/α,β-unsaturated/α-hetero) is 1. The first-order valence-corrected chi connectivity index (χ1v) is 10.8. The maximum absolute atomic E-state index is 11.2. The summed E-state index contributed by atoms with van der Waals surface area (Å²) >= 11 is 0. The molecular formula is C27H26O8. The van der Waals surface area contributed by atoms with Crippen LogP contribution < -0.4 is 14.2 Å². The van der Waals surface area contributed by atoms with E-state index < -0.39 is 30.6 Å². The molecular weight excluding hydrogens is 452 g/mol. The van der Waals surface area contributed by atoms with Crippen molar-refractivity contribution in [3.05, 3.63) is 89.5 Å². The molecule has 3 aromatic rings. The largest absolute Gasteiger partial charge is 0.486 e. The molecule has 0 aliphatic rings. The number of carbonyl (C=O) groups excluding carboxylic acids is 1. The second kappa shape index (κ2) is 11.2. The van der Waals surface area contributed by atoms with Gasteiger partial charge in [-0.15, -0.1) is 0 Å². The molecule has 0 aliphatic heterocycles. The summed E-state index contributed by atoms with van der Waals surface area (Å²) < 4.78 is 16.0. The van der Waals surface area contributed by atoms with Gasteiger partial charge in [0.15, 0.2) is 19.0 Å². The first kappa shape index (κ1) is 25.3. The molecule has 3 aromatic carbocycles. The van der Waals surface area contributed by atoms with Crippen molar-refractivity contribution in [2.45, 2.75) is 19.3 Å². The predicted molar refractivity (Wildman–Crippen MR) is 127 cm³/mol. The Kier molecular flexibility index (Phi) is 8.09. The van der Waals surface area contributed by atoms with Crippen LogP contribution in [0.25, 0.3) is 0 Å². The van der Waals surface area contributed by atoms with Crippen LogP contribution in [0.1, 0.15) is 30.5 Å². The average Bonchev–Trinajstić information content (AvgIpc) is 2.85. The van der Waals surface area contributed by atoms with Gasteiger partial charge in [0, 0.05) is 5.41 Å². The van der Waals surface area contributed by atoms with Crippen LogP contribution in [0.3, 0.4) is 0 Å². The van der Waals surface area contributed by atoms with Crippen molar-refractivity contribution in [2.75, 3.05) is 19.8 Å². The standard InChI is InChI=1S/C27H26O8/c1-18(28)15-33-22-9-3-19(4-10-22)27(2,20-5-11-23(12-6-20)34-16-25(29)30)21-7-13-24(14-8-21)35-17-26(31)32/h3-14H,15-17H2,1-2H3,(H,29,30)(H,31,32). The van der Waals surface area contributed by atoms with E-state index in [9.17, 15) is 14.4 Å². The molecule has 2 N–H and O–H groups in total. The molecule has 8 nitrogen and oxygen atoms in total. The van der Waals surface area contributed by atoms with E-state index in [4.69, 9.17) is 24.4 Å². The predicted octanol–water partition coefficient (Wildman–Crippen LogP) is 3.94. The molecule has 0 amide bonds. The van der Waals surface area contributed by atoms with Gasteiger partial charge in [-0.2, -0.15) is 0 Å². The van der Waals surface area contributed by atoms with Gasteiger partial charge in [0.05, 0.1) is 0 Å². The van der Waals surface area contributed by atoms with Crippen molar-refractivity contribution < 1.29 is 38.8 Å². The molecule has 0 saturated carbocycles. The summed E-state index contributed by atoms with van der Waals surface area (Å²) in [5, 5.41) is 17.7. The Hall–Kier alpha value is -4.33. The van der Waals surface area contributed by atoms with Crippen molar-refractivity contribution in [3.8, 4) is 17.2 Å². The fourth-order valence-electron chi connectivity index (χ4n) is 3.63. The van der Waals surface area contributed by atoms with Gasteiger partial charge >= 0.3 is 11.9 Å². The summed E-state index contributed by atoms with van der Waals surface area (Å²) in [5.74, 6) is -0.754. The lowest BCUT2D eigenvalue weighted by Gasteiger charge is -2.32. The van der Waals surface area contributed by atoms with E-state index in [0.717, 1.165) is 16.7 Å². The lowest BCUT2D eigenvalue weighted by atomic mass is 9.71. The third-order valence-corrected chi connectivity index (χ3v) is 5.46. The summed E-state index contributed by atoms with van der Waals surface area (Å²) in [7, 11) is 0. The number of aliphatic carboxylic acids is 2. The van der Waals surface area contributed by atoms with Gasteiger partial charge in [-0.3, -0.25) is 4.79 Å². The fourth-order valence-corrected chi connectivity index (χ4v) is 3.63. The number of rotatable bonds is 12. The number of ether oxygens (including phenoxy) is 3. The van der Waals surface area contributed by atoms with Gasteiger partial charge in [-0.1, -0.05) is 36.4 Å². The van der Waals surface area contributed by atoms with E-state index in [1.807, 2.05) is 43.3 Å². The number of ketones is 1. The van der Waals surface area contributed by atoms with Crippen LogP contribution in [0.5, 0.6) is 17.2 Å². The second-order valence-electron chi connectivity index (χ2n) is 8.05. The molecule has 8 heteroatoms. The maximum atomic E-state index is 11.2. The summed E-state index contributed by atoms with van der Waals surface area (Å²) in [6.45, 7) is 2.62. The number of carbonyl (C=O) groups is 3.